The maximum Gasteiger partial charge on any atom is 0.411 e. The second-order valence-electron chi connectivity index (χ2n) is 4.12. The third kappa shape index (κ3) is 3.77. The molecule has 0 bridgehead atoms. The standard InChI is InChI=1S/C12H14Cl2N2O2/c13-8-3-4-10(14)11(6-8)16-12(17)18-9-2-1-5-15-7-9/h3-4,6,9,15H,1-2,5,7H2,(H,16,17)/t9-/m0/s1. The molecule has 1 aliphatic rings. The Kier molecular flexibility index (Phi) is 4.69. The number of hydrogen-bond acceptors (Lipinski definition) is 3. The van der Waals surface area contributed by atoms with Crippen LogP contribution in [0, 0.1) is 0 Å². The van der Waals surface area contributed by atoms with E-state index in [2.05, 4.69) is 10.6 Å². The number of piperidine rings is 1. The van der Waals surface area contributed by atoms with E-state index in [4.69, 9.17) is 27.9 Å². The number of hydrogen-bond donors (Lipinski definition) is 2. The Morgan fingerprint density at radius 3 is 3.00 bits per heavy atom. The molecule has 1 aromatic rings. The van der Waals surface area contributed by atoms with E-state index in [1.807, 2.05) is 0 Å². The SMILES string of the molecule is O=C(Nc1cc(Cl)ccc1Cl)O[C@H]1CCCNC1. The molecule has 0 unspecified atom stereocenters. The van der Waals surface area contributed by atoms with E-state index in [1.54, 1.807) is 18.2 Å². The fourth-order valence-corrected chi connectivity index (χ4v) is 2.14. The van der Waals surface area contributed by atoms with Gasteiger partial charge in [0.1, 0.15) is 6.10 Å². The highest BCUT2D eigenvalue weighted by Gasteiger charge is 2.17. The molecular formula is C12H14Cl2N2O2. The van der Waals surface area contributed by atoms with Crippen molar-refractivity contribution in [1.29, 1.82) is 0 Å². The van der Waals surface area contributed by atoms with Gasteiger partial charge in [-0.05, 0) is 37.6 Å². The molecule has 98 valence electrons. The van der Waals surface area contributed by atoms with Gasteiger partial charge in [-0.3, -0.25) is 5.32 Å². The first-order valence-corrected chi connectivity index (χ1v) is 6.54. The molecule has 0 saturated carbocycles. The topological polar surface area (TPSA) is 50.4 Å². The van der Waals surface area contributed by atoms with Gasteiger partial charge in [-0.15, -0.1) is 0 Å². The summed E-state index contributed by atoms with van der Waals surface area (Å²) < 4.78 is 5.28. The lowest BCUT2D eigenvalue weighted by atomic mass is 10.1. The Bertz CT molecular complexity index is 434. The molecule has 0 aliphatic carbocycles. The summed E-state index contributed by atoms with van der Waals surface area (Å²) in [6.07, 6.45) is 1.30. The number of carbonyl (C=O) groups is 1. The van der Waals surface area contributed by atoms with Crippen molar-refractivity contribution >= 4 is 35.0 Å². The van der Waals surface area contributed by atoms with E-state index in [1.165, 1.54) is 0 Å². The van der Waals surface area contributed by atoms with Gasteiger partial charge in [-0.25, -0.2) is 4.79 Å². The van der Waals surface area contributed by atoms with E-state index >= 15 is 0 Å². The van der Waals surface area contributed by atoms with Crippen LogP contribution in [0.1, 0.15) is 12.8 Å². The van der Waals surface area contributed by atoms with Gasteiger partial charge >= 0.3 is 6.09 Å². The highest BCUT2D eigenvalue weighted by atomic mass is 35.5. The summed E-state index contributed by atoms with van der Waals surface area (Å²) in [6, 6.07) is 4.87. The van der Waals surface area contributed by atoms with E-state index in [-0.39, 0.29) is 6.10 Å². The molecule has 1 atom stereocenters. The monoisotopic (exact) mass is 288 g/mol. The van der Waals surface area contributed by atoms with Gasteiger partial charge < -0.3 is 10.1 Å². The van der Waals surface area contributed by atoms with Crippen LogP contribution in [0.5, 0.6) is 0 Å². The lowest BCUT2D eigenvalue weighted by Crippen LogP contribution is -2.37. The molecule has 1 aromatic carbocycles. The second-order valence-corrected chi connectivity index (χ2v) is 4.97. The summed E-state index contributed by atoms with van der Waals surface area (Å²) in [5, 5.41) is 6.70. The van der Waals surface area contributed by atoms with Gasteiger partial charge in [-0.1, -0.05) is 23.2 Å². The average molecular weight is 289 g/mol. The molecule has 18 heavy (non-hydrogen) atoms. The fraction of sp³-hybridized carbons (Fsp3) is 0.417. The molecule has 0 spiro atoms. The molecule has 1 saturated heterocycles. The van der Waals surface area contributed by atoms with Crippen LogP contribution in [-0.2, 0) is 4.74 Å². The second kappa shape index (κ2) is 6.27. The van der Waals surface area contributed by atoms with Crippen LogP contribution >= 0.6 is 23.2 Å². The van der Waals surface area contributed by atoms with Crippen LogP contribution in [-0.4, -0.2) is 25.3 Å². The van der Waals surface area contributed by atoms with Crippen molar-refractivity contribution in [3.05, 3.63) is 28.2 Å². The highest BCUT2D eigenvalue weighted by Crippen LogP contribution is 2.25. The minimum Gasteiger partial charge on any atom is -0.445 e. The molecule has 1 fully saturated rings. The van der Waals surface area contributed by atoms with E-state index in [0.29, 0.717) is 22.3 Å². The highest BCUT2D eigenvalue weighted by molar-refractivity contribution is 6.35. The van der Waals surface area contributed by atoms with E-state index in [0.717, 1.165) is 19.4 Å². The van der Waals surface area contributed by atoms with Crippen molar-refractivity contribution in [2.45, 2.75) is 18.9 Å². The third-order valence-electron chi connectivity index (χ3n) is 2.69. The van der Waals surface area contributed by atoms with Crippen LogP contribution in [0.25, 0.3) is 0 Å². The molecule has 1 heterocycles. The number of rotatable bonds is 2. The Morgan fingerprint density at radius 2 is 2.28 bits per heavy atom. The van der Waals surface area contributed by atoms with Crippen molar-refractivity contribution in [3.8, 4) is 0 Å². The summed E-state index contributed by atoms with van der Waals surface area (Å²) in [5.41, 5.74) is 0.456. The number of amides is 1. The lowest BCUT2D eigenvalue weighted by Gasteiger charge is -2.23. The number of benzene rings is 1. The van der Waals surface area contributed by atoms with Gasteiger partial charge in [0.05, 0.1) is 10.7 Å². The quantitative estimate of drug-likeness (QED) is 0.878. The van der Waals surface area contributed by atoms with Crippen molar-refractivity contribution in [2.24, 2.45) is 0 Å². The number of nitrogens with one attached hydrogen (secondary N) is 2. The van der Waals surface area contributed by atoms with Crippen LogP contribution in [0.4, 0.5) is 10.5 Å². The number of halogens is 2. The Morgan fingerprint density at radius 1 is 1.44 bits per heavy atom. The fourth-order valence-electron chi connectivity index (χ4n) is 1.80. The molecular weight excluding hydrogens is 275 g/mol. The Hall–Kier alpha value is -0.970. The normalized spacial score (nSPS) is 19.3. The summed E-state index contributed by atoms with van der Waals surface area (Å²) >= 11 is 11.8. The number of ether oxygens (including phenoxy) is 1. The van der Waals surface area contributed by atoms with Gasteiger partial charge in [-0.2, -0.15) is 0 Å². The van der Waals surface area contributed by atoms with Crippen molar-refractivity contribution in [1.82, 2.24) is 5.32 Å². The van der Waals surface area contributed by atoms with Crippen LogP contribution in [0.15, 0.2) is 18.2 Å². The number of anilines is 1. The van der Waals surface area contributed by atoms with Crippen molar-refractivity contribution in [3.63, 3.8) is 0 Å². The zero-order valence-corrected chi connectivity index (χ0v) is 11.2. The predicted molar refractivity (Wildman–Crippen MR) is 72.5 cm³/mol. The van der Waals surface area contributed by atoms with Gasteiger partial charge in [0.25, 0.3) is 0 Å². The molecule has 1 aliphatic heterocycles. The smallest absolute Gasteiger partial charge is 0.411 e. The first kappa shape index (κ1) is 13.5. The maximum atomic E-state index is 11.7. The largest absolute Gasteiger partial charge is 0.445 e. The van der Waals surface area contributed by atoms with Gasteiger partial charge in [0.15, 0.2) is 0 Å². The van der Waals surface area contributed by atoms with Gasteiger partial charge in [0.2, 0.25) is 0 Å². The van der Waals surface area contributed by atoms with Crippen LogP contribution in [0.2, 0.25) is 10.0 Å². The molecule has 2 rings (SSSR count). The lowest BCUT2D eigenvalue weighted by molar-refractivity contribution is 0.0941. The van der Waals surface area contributed by atoms with Crippen molar-refractivity contribution < 1.29 is 9.53 Å². The third-order valence-corrected chi connectivity index (χ3v) is 3.26. The zero-order valence-electron chi connectivity index (χ0n) is 9.71. The predicted octanol–water partition coefficient (Wildman–Crippen LogP) is 3.29. The average Bonchev–Trinajstić information content (AvgIpc) is 2.35. The minimum absolute atomic E-state index is 0.0864. The van der Waals surface area contributed by atoms with E-state index in [9.17, 15) is 4.79 Å². The summed E-state index contributed by atoms with van der Waals surface area (Å²) in [5.74, 6) is 0. The van der Waals surface area contributed by atoms with E-state index < -0.39 is 6.09 Å². The maximum absolute atomic E-state index is 11.7. The first-order chi connectivity index (χ1) is 8.65. The molecule has 2 N–H and O–H groups in total. The number of carbonyl (C=O) groups excluding carboxylic acids is 1. The first-order valence-electron chi connectivity index (χ1n) is 5.78. The summed E-state index contributed by atoms with van der Waals surface area (Å²) in [6.45, 7) is 1.66. The minimum atomic E-state index is -0.507. The van der Waals surface area contributed by atoms with Gasteiger partial charge in [0, 0.05) is 11.6 Å². The molecule has 0 radical (unpaired) electrons. The van der Waals surface area contributed by atoms with Crippen LogP contribution < -0.4 is 10.6 Å². The van der Waals surface area contributed by atoms with Crippen LogP contribution in [0.3, 0.4) is 0 Å². The molecule has 1 amide bonds. The Labute approximate surface area is 116 Å². The summed E-state index contributed by atoms with van der Waals surface area (Å²) in [4.78, 5) is 11.7. The van der Waals surface area contributed by atoms with Crippen molar-refractivity contribution in [2.75, 3.05) is 18.4 Å². The Balaban J connectivity index is 1.92. The zero-order chi connectivity index (χ0) is 13.0. The molecule has 6 heteroatoms. The summed E-state index contributed by atoms with van der Waals surface area (Å²) in [7, 11) is 0. The molecule has 0 aromatic heterocycles. The molecule has 4 nitrogen and oxygen atoms in total.